The van der Waals surface area contributed by atoms with Crippen LogP contribution in [0.3, 0.4) is 0 Å². The lowest BCUT2D eigenvalue weighted by molar-refractivity contribution is 0.0949. The van der Waals surface area contributed by atoms with Crippen LogP contribution in [-0.2, 0) is 6.54 Å². The highest BCUT2D eigenvalue weighted by atomic mass is 16.3. The van der Waals surface area contributed by atoms with Crippen molar-refractivity contribution in [1.82, 2.24) is 25.1 Å². The van der Waals surface area contributed by atoms with Gasteiger partial charge in [0.15, 0.2) is 17.3 Å². The molecule has 0 spiro atoms. The third kappa shape index (κ3) is 3.26. The summed E-state index contributed by atoms with van der Waals surface area (Å²) >= 11 is 0. The van der Waals surface area contributed by atoms with E-state index in [1.807, 2.05) is 0 Å². The zero-order valence-electron chi connectivity index (χ0n) is 14.2. The number of hydrogen-bond donors (Lipinski definition) is 1. The molecule has 7 nitrogen and oxygen atoms in total. The quantitative estimate of drug-likeness (QED) is 0.789. The van der Waals surface area contributed by atoms with Crippen molar-refractivity contribution in [3.8, 4) is 0 Å². The minimum atomic E-state index is -0.158. The number of benzene rings is 1. The lowest BCUT2D eigenvalue weighted by Crippen LogP contribution is -2.26. The summed E-state index contributed by atoms with van der Waals surface area (Å²) in [5.41, 5.74) is 1.92. The fraction of sp³-hybridized carbons (Fsp3) is 0.444. The van der Waals surface area contributed by atoms with Gasteiger partial charge >= 0.3 is 0 Å². The summed E-state index contributed by atoms with van der Waals surface area (Å²) in [5, 5.41) is 11.1. The molecule has 1 saturated carbocycles. The normalized spacial score (nSPS) is 15.6. The molecule has 0 unspecified atom stereocenters. The molecule has 0 radical (unpaired) electrons. The highest BCUT2D eigenvalue weighted by molar-refractivity contribution is 5.96. The lowest BCUT2D eigenvalue weighted by atomic mass is 9.95. The van der Waals surface area contributed by atoms with Crippen LogP contribution in [0.1, 0.15) is 60.2 Å². The van der Waals surface area contributed by atoms with Gasteiger partial charge in [-0.3, -0.25) is 4.79 Å². The van der Waals surface area contributed by atoms with Crippen molar-refractivity contribution in [2.45, 2.75) is 51.6 Å². The molecule has 2 heterocycles. The van der Waals surface area contributed by atoms with Crippen molar-refractivity contribution < 1.29 is 9.21 Å². The third-order valence-corrected chi connectivity index (χ3v) is 4.78. The molecule has 25 heavy (non-hydrogen) atoms. The average Bonchev–Trinajstić information content (AvgIpc) is 3.24. The van der Waals surface area contributed by atoms with E-state index in [1.54, 1.807) is 31.5 Å². The number of aryl methyl sites for hydroxylation is 1. The minimum absolute atomic E-state index is 0.158. The third-order valence-electron chi connectivity index (χ3n) is 4.78. The topological polar surface area (TPSA) is 85.8 Å². The number of carbonyl (C=O) groups excluding carboxylic acids is 1. The van der Waals surface area contributed by atoms with Crippen LogP contribution in [-0.4, -0.2) is 25.7 Å². The fourth-order valence-corrected chi connectivity index (χ4v) is 3.50. The van der Waals surface area contributed by atoms with Crippen LogP contribution >= 0.6 is 0 Å². The molecule has 130 valence electrons. The second-order valence-electron chi connectivity index (χ2n) is 6.54. The highest BCUT2D eigenvalue weighted by Crippen LogP contribution is 2.28. The van der Waals surface area contributed by atoms with Crippen molar-refractivity contribution in [3.05, 3.63) is 41.8 Å². The van der Waals surface area contributed by atoms with Gasteiger partial charge in [0, 0.05) is 18.5 Å². The molecule has 1 fully saturated rings. The number of nitrogens with zero attached hydrogens (tertiary/aromatic N) is 4. The molecular formula is C18H21N5O2. The summed E-state index contributed by atoms with van der Waals surface area (Å²) in [6.07, 6.45) is 7.87. The van der Waals surface area contributed by atoms with Gasteiger partial charge in [0.05, 0.1) is 6.54 Å². The van der Waals surface area contributed by atoms with E-state index in [4.69, 9.17) is 4.42 Å². The van der Waals surface area contributed by atoms with E-state index in [9.17, 15) is 4.79 Å². The standard InChI is InChI=1S/C18H21N5O2/c1-12-21-15-8-7-13(9-16(15)25-12)18(24)19-10-17-22-20-11-23(17)14-5-3-2-4-6-14/h7-9,11,14H,2-6,10H2,1H3,(H,19,24). The molecule has 4 rings (SSSR count). The number of amides is 1. The summed E-state index contributed by atoms with van der Waals surface area (Å²) in [7, 11) is 0. The molecule has 1 aliphatic carbocycles. The van der Waals surface area contributed by atoms with Crippen molar-refractivity contribution in [3.63, 3.8) is 0 Å². The van der Waals surface area contributed by atoms with Gasteiger partial charge in [0.1, 0.15) is 11.8 Å². The molecule has 0 saturated heterocycles. The smallest absolute Gasteiger partial charge is 0.251 e. The van der Waals surface area contributed by atoms with Crippen LogP contribution < -0.4 is 5.32 Å². The van der Waals surface area contributed by atoms with Gasteiger partial charge < -0.3 is 14.3 Å². The van der Waals surface area contributed by atoms with Crippen LogP contribution in [0.15, 0.2) is 28.9 Å². The Hall–Kier alpha value is -2.70. The monoisotopic (exact) mass is 339 g/mol. The molecule has 3 aromatic rings. The molecule has 1 aromatic carbocycles. The van der Waals surface area contributed by atoms with E-state index in [0.717, 1.165) is 24.2 Å². The largest absolute Gasteiger partial charge is 0.441 e. The van der Waals surface area contributed by atoms with Gasteiger partial charge in [-0.05, 0) is 31.0 Å². The summed E-state index contributed by atoms with van der Waals surface area (Å²) < 4.78 is 7.60. The van der Waals surface area contributed by atoms with E-state index in [2.05, 4.69) is 25.1 Å². The summed E-state index contributed by atoms with van der Waals surface area (Å²) in [6.45, 7) is 2.15. The second-order valence-corrected chi connectivity index (χ2v) is 6.54. The maximum Gasteiger partial charge on any atom is 0.251 e. The molecule has 0 aliphatic heterocycles. The van der Waals surface area contributed by atoms with E-state index < -0.39 is 0 Å². The van der Waals surface area contributed by atoms with Gasteiger partial charge in [-0.1, -0.05) is 19.3 Å². The predicted molar refractivity (Wildman–Crippen MR) is 92.1 cm³/mol. The number of aromatic nitrogens is 4. The minimum Gasteiger partial charge on any atom is -0.441 e. The SMILES string of the molecule is Cc1nc2ccc(C(=O)NCc3nncn3C3CCCCC3)cc2o1. The van der Waals surface area contributed by atoms with Gasteiger partial charge in [0.25, 0.3) is 5.91 Å². The average molecular weight is 339 g/mol. The molecule has 0 atom stereocenters. The van der Waals surface area contributed by atoms with Crippen LogP contribution in [0, 0.1) is 6.92 Å². The summed E-state index contributed by atoms with van der Waals surface area (Å²) in [5.74, 6) is 1.24. The Morgan fingerprint density at radius 3 is 3.00 bits per heavy atom. The predicted octanol–water partition coefficient (Wildman–Crippen LogP) is 3.16. The number of oxazole rings is 1. The van der Waals surface area contributed by atoms with E-state index in [0.29, 0.717) is 29.6 Å². The summed E-state index contributed by atoms with van der Waals surface area (Å²) in [4.78, 5) is 16.7. The van der Waals surface area contributed by atoms with Crippen LogP contribution in [0.4, 0.5) is 0 Å². The van der Waals surface area contributed by atoms with Crippen LogP contribution in [0.5, 0.6) is 0 Å². The molecule has 1 amide bonds. The zero-order valence-corrected chi connectivity index (χ0v) is 14.2. The van der Waals surface area contributed by atoms with E-state index in [1.165, 1.54) is 19.3 Å². The molecule has 1 N–H and O–H groups in total. The Kier molecular flexibility index (Phi) is 4.21. The number of nitrogens with one attached hydrogen (secondary N) is 1. The maximum absolute atomic E-state index is 12.4. The summed E-state index contributed by atoms with van der Waals surface area (Å²) in [6, 6.07) is 5.72. The van der Waals surface area contributed by atoms with E-state index >= 15 is 0 Å². The molecule has 1 aliphatic rings. The first-order valence-corrected chi connectivity index (χ1v) is 8.74. The highest BCUT2D eigenvalue weighted by Gasteiger charge is 2.19. The first-order chi connectivity index (χ1) is 12.2. The molecule has 7 heteroatoms. The number of fused-ring (bicyclic) bond motifs is 1. The first-order valence-electron chi connectivity index (χ1n) is 8.74. The maximum atomic E-state index is 12.4. The number of carbonyl (C=O) groups is 1. The fourth-order valence-electron chi connectivity index (χ4n) is 3.50. The van der Waals surface area contributed by atoms with Gasteiger partial charge in [-0.15, -0.1) is 10.2 Å². The molecular weight excluding hydrogens is 318 g/mol. The van der Waals surface area contributed by atoms with Crippen molar-refractivity contribution in [1.29, 1.82) is 0 Å². The van der Waals surface area contributed by atoms with Gasteiger partial charge in [0.2, 0.25) is 0 Å². The van der Waals surface area contributed by atoms with E-state index in [-0.39, 0.29) is 5.91 Å². The Morgan fingerprint density at radius 2 is 2.16 bits per heavy atom. The van der Waals surface area contributed by atoms with Crippen LogP contribution in [0.25, 0.3) is 11.1 Å². The lowest BCUT2D eigenvalue weighted by Gasteiger charge is -2.24. The number of hydrogen-bond acceptors (Lipinski definition) is 5. The molecule has 2 aromatic heterocycles. The Labute approximate surface area is 145 Å². The first kappa shape index (κ1) is 15.8. The number of rotatable bonds is 4. The van der Waals surface area contributed by atoms with Crippen molar-refractivity contribution in [2.75, 3.05) is 0 Å². The van der Waals surface area contributed by atoms with Gasteiger partial charge in [-0.2, -0.15) is 0 Å². The van der Waals surface area contributed by atoms with Crippen molar-refractivity contribution >= 4 is 17.0 Å². The van der Waals surface area contributed by atoms with Crippen molar-refractivity contribution in [2.24, 2.45) is 0 Å². The Balaban J connectivity index is 1.45. The second kappa shape index (κ2) is 6.66. The van der Waals surface area contributed by atoms with Crippen LogP contribution in [0.2, 0.25) is 0 Å². The molecule has 0 bridgehead atoms. The van der Waals surface area contributed by atoms with Gasteiger partial charge in [-0.25, -0.2) is 4.98 Å². The Morgan fingerprint density at radius 1 is 1.32 bits per heavy atom. The zero-order chi connectivity index (χ0) is 17.2. The Bertz CT molecular complexity index is 892.